The molecule has 3 heteroatoms. The molecular weight excluding hydrogens is 236 g/mol. The minimum atomic E-state index is 0.241. The first-order valence-corrected chi connectivity index (χ1v) is 7.30. The van der Waals surface area contributed by atoms with Crippen LogP contribution in [0.3, 0.4) is 0 Å². The molecule has 1 N–H and O–H groups in total. The van der Waals surface area contributed by atoms with Gasteiger partial charge < -0.3 is 10.2 Å². The van der Waals surface area contributed by atoms with Gasteiger partial charge in [0.1, 0.15) is 0 Å². The van der Waals surface area contributed by atoms with Crippen LogP contribution in [0.2, 0.25) is 0 Å². The van der Waals surface area contributed by atoms with Crippen molar-refractivity contribution in [2.24, 2.45) is 5.92 Å². The maximum atomic E-state index is 12.0. The van der Waals surface area contributed by atoms with Crippen molar-refractivity contribution in [3.05, 3.63) is 35.9 Å². The molecular formula is C16H24N2O. The van der Waals surface area contributed by atoms with Crippen LogP contribution >= 0.6 is 0 Å². The van der Waals surface area contributed by atoms with Crippen LogP contribution in [-0.2, 0) is 4.79 Å². The van der Waals surface area contributed by atoms with E-state index in [2.05, 4.69) is 43.4 Å². The Bertz CT molecular complexity index is 404. The Balaban J connectivity index is 2.03. The largest absolute Gasteiger partial charge is 0.340 e. The van der Waals surface area contributed by atoms with Crippen molar-refractivity contribution >= 4 is 5.91 Å². The molecule has 1 amide bonds. The summed E-state index contributed by atoms with van der Waals surface area (Å²) in [5, 5.41) is 3.49. The molecule has 0 saturated carbocycles. The lowest BCUT2D eigenvalue weighted by Gasteiger charge is -2.25. The molecule has 0 aliphatic carbocycles. The van der Waals surface area contributed by atoms with Crippen LogP contribution in [0.1, 0.15) is 38.3 Å². The third kappa shape index (κ3) is 3.57. The number of benzene rings is 1. The second-order valence-corrected chi connectivity index (χ2v) is 5.30. The first-order chi connectivity index (χ1) is 9.24. The average molecular weight is 260 g/mol. The van der Waals surface area contributed by atoms with E-state index in [0.29, 0.717) is 11.8 Å². The number of nitrogens with zero attached hydrogens (tertiary/aromatic N) is 1. The molecule has 1 aliphatic rings. The molecule has 1 heterocycles. The molecule has 3 nitrogen and oxygen atoms in total. The first kappa shape index (κ1) is 14.1. The number of hydrogen-bond donors (Lipinski definition) is 1. The SMILES string of the molecule is CCNC(CN1CC(CC)CC1=O)c1ccccc1. The molecule has 1 aromatic rings. The maximum absolute atomic E-state index is 12.0. The molecule has 0 spiro atoms. The van der Waals surface area contributed by atoms with Crippen molar-refractivity contribution in [2.75, 3.05) is 19.6 Å². The Morgan fingerprint density at radius 3 is 2.63 bits per heavy atom. The lowest BCUT2D eigenvalue weighted by atomic mass is 10.1. The van der Waals surface area contributed by atoms with E-state index in [1.807, 2.05) is 11.0 Å². The van der Waals surface area contributed by atoms with Crippen molar-refractivity contribution in [3.63, 3.8) is 0 Å². The van der Waals surface area contributed by atoms with Gasteiger partial charge in [-0.2, -0.15) is 0 Å². The fraction of sp³-hybridized carbons (Fsp3) is 0.562. The number of carbonyl (C=O) groups is 1. The number of amides is 1. The second-order valence-electron chi connectivity index (χ2n) is 5.30. The van der Waals surface area contributed by atoms with Gasteiger partial charge in [0.25, 0.3) is 0 Å². The average Bonchev–Trinajstić information content (AvgIpc) is 2.80. The zero-order chi connectivity index (χ0) is 13.7. The second kappa shape index (κ2) is 6.71. The highest BCUT2D eigenvalue weighted by atomic mass is 16.2. The topological polar surface area (TPSA) is 32.3 Å². The zero-order valence-corrected chi connectivity index (χ0v) is 11.9. The van der Waals surface area contributed by atoms with E-state index >= 15 is 0 Å². The van der Waals surface area contributed by atoms with E-state index in [1.54, 1.807) is 0 Å². The van der Waals surface area contributed by atoms with Crippen LogP contribution in [0.4, 0.5) is 0 Å². The van der Waals surface area contributed by atoms with Crippen molar-refractivity contribution < 1.29 is 4.79 Å². The van der Waals surface area contributed by atoms with Gasteiger partial charge in [-0.25, -0.2) is 0 Å². The molecule has 0 aromatic heterocycles. The highest BCUT2D eigenvalue weighted by molar-refractivity contribution is 5.78. The summed E-state index contributed by atoms with van der Waals surface area (Å²) in [6.07, 6.45) is 1.82. The fourth-order valence-corrected chi connectivity index (χ4v) is 2.74. The van der Waals surface area contributed by atoms with Gasteiger partial charge in [0.2, 0.25) is 5.91 Å². The minimum absolute atomic E-state index is 0.241. The summed E-state index contributed by atoms with van der Waals surface area (Å²) in [6.45, 7) is 6.90. The van der Waals surface area contributed by atoms with Crippen molar-refractivity contribution in [1.29, 1.82) is 0 Å². The van der Waals surface area contributed by atoms with Gasteiger partial charge in [-0.1, -0.05) is 50.6 Å². The molecule has 0 radical (unpaired) electrons. The van der Waals surface area contributed by atoms with Crippen LogP contribution < -0.4 is 5.32 Å². The smallest absolute Gasteiger partial charge is 0.222 e. The molecule has 1 fully saturated rings. The molecule has 2 rings (SSSR count). The summed E-state index contributed by atoms with van der Waals surface area (Å²) in [5.74, 6) is 0.858. The Hall–Kier alpha value is -1.35. The Morgan fingerprint density at radius 1 is 1.32 bits per heavy atom. The predicted octanol–water partition coefficient (Wildman–Crippen LogP) is 2.60. The minimum Gasteiger partial charge on any atom is -0.340 e. The van der Waals surface area contributed by atoms with Crippen molar-refractivity contribution in [3.8, 4) is 0 Å². The van der Waals surface area contributed by atoms with E-state index in [0.717, 1.165) is 32.5 Å². The van der Waals surface area contributed by atoms with Gasteiger partial charge in [-0.15, -0.1) is 0 Å². The summed E-state index contributed by atoms with van der Waals surface area (Å²) >= 11 is 0. The quantitative estimate of drug-likeness (QED) is 0.852. The number of nitrogens with one attached hydrogen (secondary N) is 1. The third-order valence-corrected chi connectivity index (χ3v) is 3.93. The van der Waals surface area contributed by atoms with E-state index < -0.39 is 0 Å². The molecule has 1 aromatic carbocycles. The Labute approximate surface area is 116 Å². The maximum Gasteiger partial charge on any atom is 0.222 e. The molecule has 1 saturated heterocycles. The van der Waals surface area contributed by atoms with Crippen molar-refractivity contribution in [1.82, 2.24) is 10.2 Å². The van der Waals surface area contributed by atoms with Crippen LogP contribution in [0.15, 0.2) is 30.3 Å². The van der Waals surface area contributed by atoms with Crippen LogP contribution in [0, 0.1) is 5.92 Å². The molecule has 19 heavy (non-hydrogen) atoms. The number of hydrogen-bond acceptors (Lipinski definition) is 2. The van der Waals surface area contributed by atoms with E-state index in [1.165, 1.54) is 5.56 Å². The van der Waals surface area contributed by atoms with E-state index in [9.17, 15) is 4.79 Å². The molecule has 104 valence electrons. The van der Waals surface area contributed by atoms with Gasteiger partial charge in [-0.05, 0) is 18.0 Å². The number of likely N-dealkylation sites (N-methyl/N-ethyl adjacent to an activating group) is 1. The van der Waals surface area contributed by atoms with E-state index in [-0.39, 0.29) is 6.04 Å². The summed E-state index contributed by atoms with van der Waals surface area (Å²) in [4.78, 5) is 14.0. The van der Waals surface area contributed by atoms with Gasteiger partial charge in [0, 0.05) is 25.6 Å². The number of rotatable bonds is 6. The molecule has 2 unspecified atom stereocenters. The highest BCUT2D eigenvalue weighted by Crippen LogP contribution is 2.23. The normalized spacial score (nSPS) is 20.8. The third-order valence-electron chi connectivity index (χ3n) is 3.93. The van der Waals surface area contributed by atoms with Gasteiger partial charge in [-0.3, -0.25) is 4.79 Å². The Kier molecular flexibility index (Phi) is 4.97. The highest BCUT2D eigenvalue weighted by Gasteiger charge is 2.29. The van der Waals surface area contributed by atoms with Crippen LogP contribution in [0.25, 0.3) is 0 Å². The lowest BCUT2D eigenvalue weighted by molar-refractivity contribution is -0.128. The zero-order valence-electron chi connectivity index (χ0n) is 11.9. The van der Waals surface area contributed by atoms with Crippen LogP contribution in [0.5, 0.6) is 0 Å². The van der Waals surface area contributed by atoms with Gasteiger partial charge in [0.15, 0.2) is 0 Å². The fourth-order valence-electron chi connectivity index (χ4n) is 2.74. The van der Waals surface area contributed by atoms with E-state index in [4.69, 9.17) is 0 Å². The predicted molar refractivity (Wildman–Crippen MR) is 77.8 cm³/mol. The van der Waals surface area contributed by atoms with Crippen molar-refractivity contribution in [2.45, 2.75) is 32.7 Å². The lowest BCUT2D eigenvalue weighted by Crippen LogP contribution is -2.36. The summed E-state index contributed by atoms with van der Waals surface area (Å²) < 4.78 is 0. The summed E-state index contributed by atoms with van der Waals surface area (Å²) in [6, 6.07) is 10.6. The Morgan fingerprint density at radius 2 is 2.05 bits per heavy atom. The number of carbonyl (C=O) groups excluding carboxylic acids is 1. The van der Waals surface area contributed by atoms with Gasteiger partial charge in [0.05, 0.1) is 0 Å². The molecule has 2 atom stereocenters. The molecule has 0 bridgehead atoms. The standard InChI is InChI=1S/C16H24N2O/c1-3-13-10-16(19)18(11-13)12-15(17-4-2)14-8-6-5-7-9-14/h5-9,13,15,17H,3-4,10-12H2,1-2H3. The number of likely N-dealkylation sites (tertiary alicyclic amines) is 1. The summed E-state index contributed by atoms with van der Waals surface area (Å²) in [7, 11) is 0. The summed E-state index contributed by atoms with van der Waals surface area (Å²) in [5.41, 5.74) is 1.26. The van der Waals surface area contributed by atoms with Crippen LogP contribution in [-0.4, -0.2) is 30.4 Å². The molecule has 1 aliphatic heterocycles. The monoisotopic (exact) mass is 260 g/mol. The van der Waals surface area contributed by atoms with Gasteiger partial charge >= 0.3 is 0 Å². The first-order valence-electron chi connectivity index (χ1n) is 7.30.